The van der Waals surface area contributed by atoms with Crippen LogP contribution in [0.25, 0.3) is 10.9 Å². The van der Waals surface area contributed by atoms with E-state index in [2.05, 4.69) is 10.3 Å². The molecular formula is C19H19N3O2S. The predicted octanol–water partition coefficient (Wildman–Crippen LogP) is 2.67. The molecule has 0 radical (unpaired) electrons. The van der Waals surface area contributed by atoms with E-state index in [1.807, 2.05) is 55.5 Å². The molecule has 3 rings (SSSR count). The summed E-state index contributed by atoms with van der Waals surface area (Å²) in [5.74, 6) is 0.161. The molecule has 0 bridgehead atoms. The molecule has 0 aliphatic heterocycles. The van der Waals surface area contributed by atoms with E-state index < -0.39 is 0 Å². The molecule has 0 aliphatic carbocycles. The normalized spacial score (nSPS) is 10.8. The number of amides is 1. The summed E-state index contributed by atoms with van der Waals surface area (Å²) in [4.78, 5) is 29.3. The average Bonchev–Trinajstić information content (AvgIpc) is 2.64. The molecule has 0 aliphatic rings. The number of fused-ring (bicyclic) bond motifs is 1. The first kappa shape index (κ1) is 17.2. The van der Waals surface area contributed by atoms with Gasteiger partial charge < -0.3 is 5.32 Å². The Kier molecular flexibility index (Phi) is 5.50. The predicted molar refractivity (Wildman–Crippen MR) is 101 cm³/mol. The maximum atomic E-state index is 12.9. The number of thioether (sulfide) groups is 1. The van der Waals surface area contributed by atoms with Crippen molar-refractivity contribution in [1.29, 1.82) is 0 Å². The molecule has 5 nitrogen and oxygen atoms in total. The highest BCUT2D eigenvalue weighted by Gasteiger charge is 2.13. The second kappa shape index (κ2) is 7.98. The number of para-hydroxylation sites is 1. The Morgan fingerprint density at radius 1 is 1.12 bits per heavy atom. The molecule has 0 saturated carbocycles. The van der Waals surface area contributed by atoms with E-state index in [1.54, 1.807) is 10.6 Å². The van der Waals surface area contributed by atoms with Crippen LogP contribution in [-0.4, -0.2) is 27.8 Å². The van der Waals surface area contributed by atoms with Gasteiger partial charge in [0.1, 0.15) is 0 Å². The van der Waals surface area contributed by atoms with Gasteiger partial charge in [0.05, 0.1) is 23.2 Å². The quantitative estimate of drug-likeness (QED) is 0.547. The van der Waals surface area contributed by atoms with Crippen LogP contribution in [0.2, 0.25) is 0 Å². The Morgan fingerprint density at radius 2 is 1.84 bits per heavy atom. The summed E-state index contributed by atoms with van der Waals surface area (Å²) in [5.41, 5.74) is 1.57. The number of hydrogen-bond acceptors (Lipinski definition) is 4. The maximum absolute atomic E-state index is 12.9. The van der Waals surface area contributed by atoms with Crippen LogP contribution >= 0.6 is 11.8 Å². The molecule has 128 valence electrons. The Balaban J connectivity index is 2.01. The lowest BCUT2D eigenvalue weighted by Gasteiger charge is -2.13. The van der Waals surface area contributed by atoms with Crippen molar-refractivity contribution in [3.63, 3.8) is 0 Å². The molecule has 2 aromatic carbocycles. The highest BCUT2D eigenvalue weighted by atomic mass is 32.2. The molecule has 0 fully saturated rings. The average molecular weight is 353 g/mol. The highest BCUT2D eigenvalue weighted by Crippen LogP contribution is 2.18. The van der Waals surface area contributed by atoms with Crippen molar-refractivity contribution >= 4 is 28.6 Å². The van der Waals surface area contributed by atoms with Crippen molar-refractivity contribution in [3.05, 3.63) is 70.5 Å². The number of carbonyl (C=O) groups is 1. The minimum absolute atomic E-state index is 0.0684. The van der Waals surface area contributed by atoms with Crippen LogP contribution in [0, 0.1) is 0 Å². The lowest BCUT2D eigenvalue weighted by atomic mass is 10.2. The zero-order valence-electron chi connectivity index (χ0n) is 13.9. The molecule has 0 atom stereocenters. The summed E-state index contributed by atoms with van der Waals surface area (Å²) in [6.07, 6.45) is 0. The summed E-state index contributed by atoms with van der Waals surface area (Å²) in [6, 6.07) is 17.1. The van der Waals surface area contributed by atoms with Gasteiger partial charge >= 0.3 is 0 Å². The monoisotopic (exact) mass is 353 g/mol. The lowest BCUT2D eigenvalue weighted by Crippen LogP contribution is -2.27. The number of hydrogen-bond donors (Lipinski definition) is 1. The molecular weight excluding hydrogens is 334 g/mol. The molecule has 0 spiro atoms. The van der Waals surface area contributed by atoms with Gasteiger partial charge in [-0.25, -0.2) is 4.98 Å². The fourth-order valence-electron chi connectivity index (χ4n) is 2.54. The van der Waals surface area contributed by atoms with Crippen LogP contribution in [0.4, 0.5) is 0 Å². The minimum Gasteiger partial charge on any atom is -0.356 e. The smallest absolute Gasteiger partial charge is 0.262 e. The third kappa shape index (κ3) is 4.09. The van der Waals surface area contributed by atoms with E-state index in [1.165, 1.54) is 11.8 Å². The largest absolute Gasteiger partial charge is 0.356 e. The molecule has 1 amide bonds. The summed E-state index contributed by atoms with van der Waals surface area (Å²) in [5, 5.41) is 3.90. The second-order valence-corrected chi connectivity index (χ2v) is 6.47. The maximum Gasteiger partial charge on any atom is 0.262 e. The van der Waals surface area contributed by atoms with Gasteiger partial charge in [0.2, 0.25) is 5.91 Å². The number of nitrogens with zero attached hydrogens (tertiary/aromatic N) is 2. The first-order valence-corrected chi connectivity index (χ1v) is 9.10. The van der Waals surface area contributed by atoms with Crippen molar-refractivity contribution in [3.8, 4) is 0 Å². The molecule has 6 heteroatoms. The Hall–Kier alpha value is -2.60. The first-order chi connectivity index (χ1) is 12.2. The molecule has 3 aromatic rings. The molecule has 1 heterocycles. The topological polar surface area (TPSA) is 64.0 Å². The van der Waals surface area contributed by atoms with E-state index in [0.717, 1.165) is 5.56 Å². The summed E-state index contributed by atoms with van der Waals surface area (Å²) >= 11 is 1.28. The van der Waals surface area contributed by atoms with Crippen LogP contribution < -0.4 is 10.9 Å². The fraction of sp³-hybridized carbons (Fsp3) is 0.211. The van der Waals surface area contributed by atoms with Crippen molar-refractivity contribution in [1.82, 2.24) is 14.9 Å². The third-order valence-electron chi connectivity index (χ3n) is 3.72. The van der Waals surface area contributed by atoms with Gasteiger partial charge in [-0.1, -0.05) is 54.2 Å². The van der Waals surface area contributed by atoms with Gasteiger partial charge in [-0.05, 0) is 24.6 Å². The Labute approximate surface area is 150 Å². The van der Waals surface area contributed by atoms with E-state index in [0.29, 0.717) is 29.1 Å². The molecule has 0 saturated heterocycles. The van der Waals surface area contributed by atoms with Crippen LogP contribution in [0.15, 0.2) is 64.5 Å². The van der Waals surface area contributed by atoms with Crippen LogP contribution in [0.5, 0.6) is 0 Å². The van der Waals surface area contributed by atoms with E-state index in [-0.39, 0.29) is 17.2 Å². The Morgan fingerprint density at radius 3 is 2.60 bits per heavy atom. The van der Waals surface area contributed by atoms with Gasteiger partial charge in [0, 0.05) is 6.54 Å². The molecule has 1 N–H and O–H groups in total. The summed E-state index contributed by atoms with van der Waals surface area (Å²) < 4.78 is 1.64. The number of rotatable bonds is 6. The van der Waals surface area contributed by atoms with E-state index in [9.17, 15) is 9.59 Å². The second-order valence-electron chi connectivity index (χ2n) is 5.53. The van der Waals surface area contributed by atoms with Gasteiger partial charge in [-0.3, -0.25) is 14.2 Å². The molecule has 25 heavy (non-hydrogen) atoms. The fourth-order valence-corrected chi connectivity index (χ4v) is 3.37. The van der Waals surface area contributed by atoms with Crippen molar-refractivity contribution in [2.45, 2.75) is 18.6 Å². The van der Waals surface area contributed by atoms with Gasteiger partial charge in [-0.2, -0.15) is 0 Å². The minimum atomic E-state index is -0.0900. The molecule has 0 unspecified atom stereocenters. The highest BCUT2D eigenvalue weighted by molar-refractivity contribution is 7.99. The zero-order valence-corrected chi connectivity index (χ0v) is 14.8. The Bertz CT molecular complexity index is 938. The van der Waals surface area contributed by atoms with Crippen molar-refractivity contribution < 1.29 is 4.79 Å². The summed E-state index contributed by atoms with van der Waals surface area (Å²) in [7, 11) is 0. The van der Waals surface area contributed by atoms with Crippen LogP contribution in [-0.2, 0) is 11.3 Å². The number of aromatic nitrogens is 2. The van der Waals surface area contributed by atoms with Crippen LogP contribution in [0.3, 0.4) is 0 Å². The lowest BCUT2D eigenvalue weighted by molar-refractivity contribution is -0.118. The third-order valence-corrected chi connectivity index (χ3v) is 4.69. The van der Waals surface area contributed by atoms with Crippen LogP contribution in [0.1, 0.15) is 12.5 Å². The van der Waals surface area contributed by atoms with Gasteiger partial charge in [0.25, 0.3) is 5.56 Å². The zero-order chi connectivity index (χ0) is 17.6. The van der Waals surface area contributed by atoms with Gasteiger partial charge in [0.15, 0.2) is 5.16 Å². The van der Waals surface area contributed by atoms with Crippen molar-refractivity contribution in [2.75, 3.05) is 12.3 Å². The van der Waals surface area contributed by atoms with Gasteiger partial charge in [-0.15, -0.1) is 0 Å². The summed E-state index contributed by atoms with van der Waals surface area (Å²) in [6.45, 7) is 2.89. The number of benzene rings is 2. The molecule has 1 aromatic heterocycles. The van der Waals surface area contributed by atoms with E-state index in [4.69, 9.17) is 0 Å². The number of carbonyl (C=O) groups excluding carboxylic acids is 1. The van der Waals surface area contributed by atoms with Crippen molar-refractivity contribution in [2.24, 2.45) is 0 Å². The first-order valence-electron chi connectivity index (χ1n) is 8.12. The van der Waals surface area contributed by atoms with E-state index >= 15 is 0 Å². The SMILES string of the molecule is CCNC(=O)CSc1nc2ccccc2c(=O)n1Cc1ccccc1. The standard InChI is InChI=1S/C19H19N3O2S/c1-2-20-17(23)13-25-19-21-16-11-7-6-10-15(16)18(24)22(19)12-14-8-4-3-5-9-14/h3-11H,2,12-13H2,1H3,(H,20,23). The number of nitrogens with one attached hydrogen (secondary N) is 1.